The van der Waals surface area contributed by atoms with Crippen LogP contribution in [-0.4, -0.2) is 63.1 Å². The number of likely N-dealkylation sites (N-methyl/N-ethyl adjacent to an activating group) is 1. The number of hydrogen-bond acceptors (Lipinski definition) is 9. The first-order chi connectivity index (χ1) is 21.6. The highest BCUT2D eigenvalue weighted by Crippen LogP contribution is 2.37. The molecular formula is C32H34F3N7O2S. The van der Waals surface area contributed by atoms with Crippen LogP contribution in [0, 0.1) is 0 Å². The maximum absolute atomic E-state index is 13.3. The second-order valence-electron chi connectivity index (χ2n) is 11.2. The summed E-state index contributed by atoms with van der Waals surface area (Å²) in [7, 11) is 3.44. The fraction of sp³-hybridized carbons (Fsp3) is 0.344. The maximum Gasteiger partial charge on any atom is 0.393 e. The number of anilines is 2. The van der Waals surface area contributed by atoms with Crippen LogP contribution < -0.4 is 20.3 Å². The van der Waals surface area contributed by atoms with E-state index in [1.54, 1.807) is 19.6 Å². The molecule has 3 heterocycles. The second-order valence-corrected chi connectivity index (χ2v) is 12.3. The third-order valence-corrected chi connectivity index (χ3v) is 9.10. The summed E-state index contributed by atoms with van der Waals surface area (Å²) in [4.78, 5) is 15.9. The number of nitrogens with one attached hydrogen (secondary N) is 2. The molecule has 13 heteroatoms. The Morgan fingerprint density at radius 3 is 2.47 bits per heavy atom. The van der Waals surface area contributed by atoms with Crippen molar-refractivity contribution < 1.29 is 23.0 Å². The third kappa shape index (κ3) is 7.38. The van der Waals surface area contributed by atoms with Gasteiger partial charge in [0.25, 0.3) is 0 Å². The summed E-state index contributed by atoms with van der Waals surface area (Å²) in [5, 5.41) is 18.4. The topological polar surface area (TPSA) is 100 Å². The molecule has 0 unspecified atom stereocenters. The fourth-order valence-corrected chi connectivity index (χ4v) is 6.76. The molecule has 0 saturated heterocycles. The van der Waals surface area contributed by atoms with E-state index in [0.717, 1.165) is 33.9 Å². The van der Waals surface area contributed by atoms with Crippen LogP contribution in [-0.2, 0) is 19.5 Å². The predicted molar refractivity (Wildman–Crippen MR) is 169 cm³/mol. The van der Waals surface area contributed by atoms with Gasteiger partial charge in [0.15, 0.2) is 0 Å². The van der Waals surface area contributed by atoms with Gasteiger partial charge in [-0.1, -0.05) is 24.3 Å². The highest BCUT2D eigenvalue weighted by molar-refractivity contribution is 7.18. The van der Waals surface area contributed by atoms with Crippen molar-refractivity contribution in [2.45, 2.75) is 56.7 Å². The molecule has 45 heavy (non-hydrogen) atoms. The van der Waals surface area contributed by atoms with Crippen molar-refractivity contribution in [3.8, 4) is 11.4 Å². The number of fused-ring (bicyclic) bond motifs is 1. The first-order valence-corrected chi connectivity index (χ1v) is 15.4. The zero-order chi connectivity index (χ0) is 31.6. The molecule has 1 fully saturated rings. The third-order valence-electron chi connectivity index (χ3n) is 8.07. The number of aliphatic hydroxyl groups is 1. The summed E-state index contributed by atoms with van der Waals surface area (Å²) in [5.41, 5.74) is 3.11. The van der Waals surface area contributed by atoms with Crippen molar-refractivity contribution in [2.75, 3.05) is 24.4 Å². The normalized spacial score (nSPS) is 18.4. The monoisotopic (exact) mass is 637 g/mol. The van der Waals surface area contributed by atoms with E-state index in [9.17, 15) is 18.3 Å². The SMILES string of the molecule is COc1ccc(CNc2nc(N(C)[C@H]3C[C@@H](NCc4ccc(-n5ccnc5)cc4)C[C@H]3O)c3cc(CC(F)(F)F)sc3n2)cc1. The van der Waals surface area contributed by atoms with Crippen molar-refractivity contribution in [2.24, 2.45) is 0 Å². The van der Waals surface area contributed by atoms with Gasteiger partial charge in [0.2, 0.25) is 5.95 Å². The summed E-state index contributed by atoms with van der Waals surface area (Å²) in [6.07, 6.45) is 0.547. The lowest BCUT2D eigenvalue weighted by atomic mass is 10.1. The lowest BCUT2D eigenvalue weighted by molar-refractivity contribution is -0.126. The molecule has 0 spiro atoms. The van der Waals surface area contributed by atoms with E-state index in [2.05, 4.69) is 32.7 Å². The maximum atomic E-state index is 13.3. The van der Waals surface area contributed by atoms with Gasteiger partial charge in [-0.2, -0.15) is 18.2 Å². The summed E-state index contributed by atoms with van der Waals surface area (Å²) >= 11 is 1.01. The Balaban J connectivity index is 1.18. The van der Waals surface area contributed by atoms with Crippen LogP contribution in [0.15, 0.2) is 73.3 Å². The molecule has 3 aromatic heterocycles. The number of methoxy groups -OCH3 is 1. The van der Waals surface area contributed by atoms with Gasteiger partial charge in [-0.05, 0) is 54.3 Å². The summed E-state index contributed by atoms with van der Waals surface area (Å²) in [6, 6.07) is 17.0. The fourth-order valence-electron chi connectivity index (χ4n) is 5.71. The smallest absolute Gasteiger partial charge is 0.393 e. The van der Waals surface area contributed by atoms with Crippen LogP contribution in [0.25, 0.3) is 15.9 Å². The molecule has 1 aliphatic carbocycles. The number of hydrogen-bond donors (Lipinski definition) is 3. The summed E-state index contributed by atoms with van der Waals surface area (Å²) in [6.45, 7) is 1.06. The number of aliphatic hydroxyl groups excluding tert-OH is 1. The molecule has 0 bridgehead atoms. The highest BCUT2D eigenvalue weighted by Gasteiger charge is 2.37. The minimum Gasteiger partial charge on any atom is -0.497 e. The zero-order valence-electron chi connectivity index (χ0n) is 24.8. The Morgan fingerprint density at radius 1 is 1.04 bits per heavy atom. The van der Waals surface area contributed by atoms with E-state index in [4.69, 9.17) is 9.72 Å². The second kappa shape index (κ2) is 13.0. The minimum absolute atomic E-state index is 0.0500. The molecule has 2 aromatic carbocycles. The number of nitrogens with zero attached hydrogens (tertiary/aromatic N) is 5. The number of ether oxygens (including phenoxy) is 1. The number of alkyl halides is 3. The van der Waals surface area contributed by atoms with E-state index >= 15 is 0 Å². The zero-order valence-corrected chi connectivity index (χ0v) is 25.6. The minimum atomic E-state index is -4.34. The summed E-state index contributed by atoms with van der Waals surface area (Å²) in [5.74, 6) is 1.53. The molecule has 0 aliphatic heterocycles. The molecule has 236 valence electrons. The first-order valence-electron chi connectivity index (χ1n) is 14.6. The van der Waals surface area contributed by atoms with Crippen LogP contribution in [0.5, 0.6) is 5.75 Å². The van der Waals surface area contributed by atoms with Gasteiger partial charge in [-0.3, -0.25) is 0 Å². The van der Waals surface area contributed by atoms with E-state index in [0.29, 0.717) is 47.9 Å². The number of rotatable bonds is 11. The van der Waals surface area contributed by atoms with Gasteiger partial charge < -0.3 is 29.9 Å². The van der Waals surface area contributed by atoms with Crippen LogP contribution >= 0.6 is 11.3 Å². The summed E-state index contributed by atoms with van der Waals surface area (Å²) < 4.78 is 47.0. The van der Waals surface area contributed by atoms with Gasteiger partial charge in [0.05, 0.1) is 37.4 Å². The molecule has 5 aromatic rings. The molecule has 1 aliphatic rings. The molecule has 3 atom stereocenters. The van der Waals surface area contributed by atoms with E-state index in [1.165, 1.54) is 6.07 Å². The van der Waals surface area contributed by atoms with Gasteiger partial charge in [0.1, 0.15) is 16.4 Å². The van der Waals surface area contributed by atoms with Crippen LogP contribution in [0.3, 0.4) is 0 Å². The van der Waals surface area contributed by atoms with Gasteiger partial charge >= 0.3 is 6.18 Å². The molecule has 0 amide bonds. The average molecular weight is 638 g/mol. The average Bonchev–Trinajstić information content (AvgIpc) is 3.78. The number of imidazole rings is 1. The quantitative estimate of drug-likeness (QED) is 0.169. The van der Waals surface area contributed by atoms with Crippen molar-refractivity contribution in [1.29, 1.82) is 0 Å². The van der Waals surface area contributed by atoms with Gasteiger partial charge in [0, 0.05) is 49.1 Å². The van der Waals surface area contributed by atoms with Gasteiger partial charge in [-0.15, -0.1) is 11.3 Å². The van der Waals surface area contributed by atoms with E-state index in [1.807, 2.05) is 59.1 Å². The molecule has 0 radical (unpaired) electrons. The van der Waals surface area contributed by atoms with Crippen molar-refractivity contribution in [3.63, 3.8) is 0 Å². The predicted octanol–water partition coefficient (Wildman–Crippen LogP) is 5.72. The largest absolute Gasteiger partial charge is 0.497 e. The van der Waals surface area contributed by atoms with E-state index < -0.39 is 18.7 Å². The van der Waals surface area contributed by atoms with E-state index in [-0.39, 0.29) is 17.0 Å². The van der Waals surface area contributed by atoms with Crippen molar-refractivity contribution in [1.82, 2.24) is 24.8 Å². The Kier molecular flexibility index (Phi) is 8.92. The lowest BCUT2D eigenvalue weighted by Crippen LogP contribution is -2.38. The first kappa shape index (κ1) is 30.8. The van der Waals surface area contributed by atoms with Crippen LogP contribution in [0.4, 0.5) is 24.9 Å². The van der Waals surface area contributed by atoms with Crippen molar-refractivity contribution in [3.05, 3.63) is 89.3 Å². The lowest BCUT2D eigenvalue weighted by Gasteiger charge is -2.29. The molecule has 3 N–H and O–H groups in total. The Bertz CT molecular complexity index is 1710. The molecule has 6 rings (SSSR count). The van der Waals surface area contributed by atoms with Crippen molar-refractivity contribution >= 4 is 33.3 Å². The van der Waals surface area contributed by atoms with Crippen LogP contribution in [0.1, 0.15) is 28.8 Å². The number of thiophene rings is 1. The number of halogens is 3. The molecular weight excluding hydrogens is 603 g/mol. The number of aromatic nitrogens is 4. The highest BCUT2D eigenvalue weighted by atomic mass is 32.1. The Morgan fingerprint density at radius 2 is 1.78 bits per heavy atom. The van der Waals surface area contributed by atoms with Crippen LogP contribution in [0.2, 0.25) is 0 Å². The molecule has 9 nitrogen and oxygen atoms in total. The number of benzene rings is 2. The standard InChI is InChI=1S/C32H34F3N7O2S/c1-41(27-13-22(14-28(27)43)37-17-20-3-7-23(8-4-20)42-12-11-36-19-42)29-26-15-25(16-32(33,34)35)45-30(26)40-31(39-29)38-18-21-5-9-24(44-2)10-6-21/h3-12,15,19,22,27-28,37,43H,13-14,16-18H2,1-2H3,(H,38,39,40)/t22-,27+,28-/m1/s1. The van der Waals surface area contributed by atoms with Gasteiger partial charge in [-0.25, -0.2) is 9.97 Å². The molecule has 1 saturated carbocycles. The Hall–Kier alpha value is -4.20. The Labute approximate surface area is 262 Å².